The number of hydrogen-bond donors (Lipinski definition) is 1. The van der Waals surface area contributed by atoms with Crippen molar-refractivity contribution in [2.24, 2.45) is 0 Å². The Morgan fingerprint density at radius 1 is 1.29 bits per heavy atom. The Morgan fingerprint density at radius 3 is 2.94 bits per heavy atom. The lowest BCUT2D eigenvalue weighted by Crippen LogP contribution is -2.00. The number of esters is 1. The van der Waals surface area contributed by atoms with Crippen LogP contribution in [0.3, 0.4) is 0 Å². The van der Waals surface area contributed by atoms with E-state index in [1.165, 1.54) is 36.6 Å². The molecule has 0 amide bonds. The number of hydrogen-bond acceptors (Lipinski definition) is 2. The number of aromatic nitrogens is 1. The lowest BCUT2D eigenvalue weighted by Gasteiger charge is -2.10. The smallest absolute Gasteiger partial charge is 0.337 e. The molecule has 17 heavy (non-hydrogen) atoms. The molecule has 0 bridgehead atoms. The van der Waals surface area contributed by atoms with E-state index in [2.05, 4.69) is 4.98 Å². The zero-order valence-corrected chi connectivity index (χ0v) is 9.88. The van der Waals surface area contributed by atoms with Gasteiger partial charge in [-0.15, -0.1) is 0 Å². The number of aryl methyl sites for hydroxylation is 2. The number of aromatic amines is 1. The van der Waals surface area contributed by atoms with Gasteiger partial charge in [-0.1, -0.05) is 6.07 Å². The molecule has 3 nitrogen and oxygen atoms in total. The van der Waals surface area contributed by atoms with E-state index in [4.69, 9.17) is 4.74 Å². The topological polar surface area (TPSA) is 42.1 Å². The highest BCUT2D eigenvalue weighted by Crippen LogP contribution is 2.29. The molecule has 0 aliphatic heterocycles. The SMILES string of the molecule is COC(=O)c1ccc2c3c([nH]c2c1)CCCC3. The van der Waals surface area contributed by atoms with Crippen molar-refractivity contribution in [3.05, 3.63) is 35.0 Å². The molecule has 1 aliphatic rings. The third-order valence-electron chi connectivity index (χ3n) is 3.52. The molecule has 1 heterocycles. The molecule has 0 saturated carbocycles. The van der Waals surface area contributed by atoms with Gasteiger partial charge in [-0.2, -0.15) is 0 Å². The number of fused-ring (bicyclic) bond motifs is 3. The molecule has 0 atom stereocenters. The van der Waals surface area contributed by atoms with Gasteiger partial charge in [0.25, 0.3) is 0 Å². The van der Waals surface area contributed by atoms with Crippen molar-refractivity contribution >= 4 is 16.9 Å². The van der Waals surface area contributed by atoms with Gasteiger partial charge < -0.3 is 9.72 Å². The highest BCUT2D eigenvalue weighted by Gasteiger charge is 2.16. The summed E-state index contributed by atoms with van der Waals surface area (Å²) in [5, 5.41) is 1.26. The molecule has 3 heteroatoms. The molecule has 1 N–H and O–H groups in total. The maximum atomic E-state index is 11.5. The van der Waals surface area contributed by atoms with Crippen molar-refractivity contribution in [1.82, 2.24) is 4.98 Å². The Labute approximate surface area is 99.8 Å². The molecule has 1 aromatic heterocycles. The zero-order chi connectivity index (χ0) is 11.8. The van der Waals surface area contributed by atoms with E-state index < -0.39 is 0 Å². The molecular weight excluding hydrogens is 214 g/mol. The summed E-state index contributed by atoms with van der Waals surface area (Å²) in [6.07, 6.45) is 4.78. The number of benzene rings is 1. The summed E-state index contributed by atoms with van der Waals surface area (Å²) in [6.45, 7) is 0. The number of carbonyl (C=O) groups is 1. The average molecular weight is 229 g/mol. The average Bonchev–Trinajstić information content (AvgIpc) is 2.75. The highest BCUT2D eigenvalue weighted by molar-refractivity contribution is 5.95. The van der Waals surface area contributed by atoms with Crippen molar-refractivity contribution in [3.63, 3.8) is 0 Å². The van der Waals surface area contributed by atoms with Crippen LogP contribution in [-0.2, 0) is 17.6 Å². The second kappa shape index (κ2) is 3.91. The van der Waals surface area contributed by atoms with Crippen LogP contribution < -0.4 is 0 Å². The summed E-state index contributed by atoms with van der Waals surface area (Å²) in [4.78, 5) is 14.9. The Bertz CT molecular complexity index is 583. The second-order valence-corrected chi connectivity index (χ2v) is 4.54. The van der Waals surface area contributed by atoms with E-state index in [0.717, 1.165) is 18.4 Å². The second-order valence-electron chi connectivity index (χ2n) is 4.54. The number of carbonyl (C=O) groups excluding carboxylic acids is 1. The van der Waals surface area contributed by atoms with Crippen LogP contribution in [0.1, 0.15) is 34.5 Å². The molecule has 0 radical (unpaired) electrons. The molecule has 1 aromatic carbocycles. The van der Waals surface area contributed by atoms with Crippen LogP contribution in [-0.4, -0.2) is 18.1 Å². The normalized spacial score (nSPS) is 14.6. The molecule has 0 unspecified atom stereocenters. The van der Waals surface area contributed by atoms with Crippen LogP contribution in [0.5, 0.6) is 0 Å². The van der Waals surface area contributed by atoms with Crippen LogP contribution in [0.2, 0.25) is 0 Å². The first-order valence-corrected chi connectivity index (χ1v) is 6.01. The fraction of sp³-hybridized carbons (Fsp3) is 0.357. The van der Waals surface area contributed by atoms with Crippen molar-refractivity contribution in [3.8, 4) is 0 Å². The molecule has 2 aromatic rings. The summed E-state index contributed by atoms with van der Waals surface area (Å²) < 4.78 is 4.73. The first kappa shape index (κ1) is 10.4. The van der Waals surface area contributed by atoms with Crippen LogP contribution in [0.15, 0.2) is 18.2 Å². The van der Waals surface area contributed by atoms with Gasteiger partial charge in [-0.3, -0.25) is 0 Å². The number of methoxy groups -OCH3 is 1. The minimum absolute atomic E-state index is 0.278. The number of rotatable bonds is 1. The predicted octanol–water partition coefficient (Wildman–Crippen LogP) is 2.83. The lowest BCUT2D eigenvalue weighted by atomic mass is 9.95. The Balaban J connectivity index is 2.14. The third-order valence-corrected chi connectivity index (χ3v) is 3.52. The van der Waals surface area contributed by atoms with Gasteiger partial charge in [-0.25, -0.2) is 4.79 Å². The summed E-state index contributed by atoms with van der Waals surface area (Å²) in [5.74, 6) is -0.278. The number of nitrogens with one attached hydrogen (secondary N) is 1. The molecule has 3 rings (SSSR count). The van der Waals surface area contributed by atoms with E-state index in [9.17, 15) is 4.79 Å². The minimum atomic E-state index is -0.278. The molecule has 1 aliphatic carbocycles. The summed E-state index contributed by atoms with van der Waals surface area (Å²) in [5.41, 5.74) is 4.44. The number of H-pyrrole nitrogens is 1. The monoisotopic (exact) mass is 229 g/mol. The molecule has 88 valence electrons. The van der Waals surface area contributed by atoms with Crippen LogP contribution in [0, 0.1) is 0 Å². The third kappa shape index (κ3) is 1.62. The lowest BCUT2D eigenvalue weighted by molar-refractivity contribution is 0.0601. The molecule has 0 spiro atoms. The minimum Gasteiger partial charge on any atom is -0.465 e. The summed E-state index contributed by atoms with van der Waals surface area (Å²) >= 11 is 0. The molecule has 0 saturated heterocycles. The van der Waals surface area contributed by atoms with Crippen molar-refractivity contribution in [2.45, 2.75) is 25.7 Å². The fourth-order valence-electron chi connectivity index (χ4n) is 2.66. The van der Waals surface area contributed by atoms with Gasteiger partial charge in [0, 0.05) is 16.6 Å². The van der Waals surface area contributed by atoms with E-state index in [1.807, 2.05) is 18.2 Å². The molecule has 0 fully saturated rings. The summed E-state index contributed by atoms with van der Waals surface area (Å²) in [6, 6.07) is 5.76. The van der Waals surface area contributed by atoms with E-state index in [-0.39, 0.29) is 5.97 Å². The van der Waals surface area contributed by atoms with E-state index in [1.54, 1.807) is 0 Å². The van der Waals surface area contributed by atoms with E-state index in [0.29, 0.717) is 5.56 Å². The highest BCUT2D eigenvalue weighted by atomic mass is 16.5. The maximum absolute atomic E-state index is 11.5. The first-order valence-electron chi connectivity index (χ1n) is 6.01. The quantitative estimate of drug-likeness (QED) is 0.764. The molecular formula is C14H15NO2. The van der Waals surface area contributed by atoms with Crippen molar-refractivity contribution in [2.75, 3.05) is 7.11 Å². The zero-order valence-electron chi connectivity index (χ0n) is 9.88. The van der Waals surface area contributed by atoms with Gasteiger partial charge in [0.1, 0.15) is 0 Å². The van der Waals surface area contributed by atoms with Crippen molar-refractivity contribution < 1.29 is 9.53 Å². The Hall–Kier alpha value is -1.77. The van der Waals surface area contributed by atoms with Gasteiger partial charge in [0.15, 0.2) is 0 Å². The van der Waals surface area contributed by atoms with Gasteiger partial charge >= 0.3 is 5.97 Å². The summed E-state index contributed by atoms with van der Waals surface area (Å²) in [7, 11) is 1.41. The fourth-order valence-corrected chi connectivity index (χ4v) is 2.66. The Morgan fingerprint density at radius 2 is 2.12 bits per heavy atom. The van der Waals surface area contributed by atoms with Gasteiger partial charge in [0.05, 0.1) is 12.7 Å². The largest absolute Gasteiger partial charge is 0.465 e. The van der Waals surface area contributed by atoms with Gasteiger partial charge in [-0.05, 0) is 43.4 Å². The Kier molecular flexibility index (Phi) is 2.39. The van der Waals surface area contributed by atoms with Crippen molar-refractivity contribution in [1.29, 1.82) is 0 Å². The van der Waals surface area contributed by atoms with Crippen LogP contribution >= 0.6 is 0 Å². The van der Waals surface area contributed by atoms with Gasteiger partial charge in [0.2, 0.25) is 0 Å². The maximum Gasteiger partial charge on any atom is 0.337 e. The first-order chi connectivity index (χ1) is 8.29. The standard InChI is InChI=1S/C14H15NO2/c1-17-14(16)9-6-7-11-10-4-2-3-5-12(10)15-13(11)8-9/h6-8,15H,2-5H2,1H3. The predicted molar refractivity (Wildman–Crippen MR) is 66.3 cm³/mol. The van der Waals surface area contributed by atoms with Crippen LogP contribution in [0.25, 0.3) is 10.9 Å². The van der Waals surface area contributed by atoms with E-state index >= 15 is 0 Å². The van der Waals surface area contributed by atoms with Crippen LogP contribution in [0.4, 0.5) is 0 Å². The number of ether oxygens (including phenoxy) is 1.